The van der Waals surface area contributed by atoms with E-state index in [1.165, 1.54) is 32.5 Å². The molecule has 0 bridgehead atoms. The molecule has 2 aliphatic carbocycles. The van der Waals surface area contributed by atoms with Gasteiger partial charge in [0.1, 0.15) is 5.69 Å². The van der Waals surface area contributed by atoms with E-state index in [1.807, 2.05) is 0 Å². The number of nitrogens with zero attached hydrogens (tertiary/aromatic N) is 5. The summed E-state index contributed by atoms with van der Waals surface area (Å²) in [7, 11) is -1.19. The Morgan fingerprint density at radius 3 is 2.38 bits per heavy atom. The molecule has 3 aromatic rings. The van der Waals surface area contributed by atoms with Crippen LogP contribution in [0.3, 0.4) is 0 Å². The molecule has 1 aliphatic heterocycles. The molecule has 0 unspecified atom stereocenters. The second-order valence-corrected chi connectivity index (χ2v) is 14.0. The third-order valence-electron chi connectivity index (χ3n) is 9.12. The molecule has 1 amide bonds. The number of aromatic nitrogens is 3. The molecule has 0 spiro atoms. The first-order valence-corrected chi connectivity index (χ1v) is 16.8. The number of morpholine rings is 1. The van der Waals surface area contributed by atoms with E-state index in [9.17, 15) is 13.2 Å². The van der Waals surface area contributed by atoms with Gasteiger partial charge in [0, 0.05) is 39.6 Å². The van der Waals surface area contributed by atoms with Crippen LogP contribution in [0.15, 0.2) is 30.3 Å². The van der Waals surface area contributed by atoms with Crippen molar-refractivity contribution in [2.75, 3.05) is 46.9 Å². The molecule has 0 radical (unpaired) electrons. The zero-order valence-electron chi connectivity index (χ0n) is 24.7. The van der Waals surface area contributed by atoms with Crippen LogP contribution < -0.4 is 4.72 Å². The molecule has 11 heteroatoms. The first kappa shape index (κ1) is 29.2. The summed E-state index contributed by atoms with van der Waals surface area (Å²) in [5.41, 5.74) is 4.94. The molecule has 1 aromatic carbocycles. The summed E-state index contributed by atoms with van der Waals surface area (Å²) in [6.07, 6.45) is 9.90. The summed E-state index contributed by atoms with van der Waals surface area (Å²) >= 11 is 0. The number of pyridine rings is 1. The fraction of sp³-hybridized carbons (Fsp3) is 0.581. The molecular formula is C31H42N6O4S. The van der Waals surface area contributed by atoms with Crippen molar-refractivity contribution in [3.8, 4) is 11.1 Å². The number of fused-ring (bicyclic) bond motifs is 1. The minimum atomic E-state index is -3.97. The van der Waals surface area contributed by atoms with Crippen LogP contribution >= 0.6 is 0 Å². The van der Waals surface area contributed by atoms with Gasteiger partial charge in [0.05, 0.1) is 30.3 Å². The van der Waals surface area contributed by atoms with Gasteiger partial charge in [-0.1, -0.05) is 49.9 Å². The number of nitrogens with one attached hydrogen (secondary N) is 1. The standard InChI is InChI=1S/C31H42N6O4S/c1-35(2)42(39,40)34-31(38)27-21-26(23-13-11-22(12-14-23)15-16-36-17-19-41-20-18-36)28-29(24-7-6-8-24)33-37(30(28)32-27)25-9-4-3-5-10-25/h11-14,21,24-25H,3-10,15-20H2,1-2H3,(H,34,38). The highest BCUT2D eigenvalue weighted by Crippen LogP contribution is 2.44. The minimum Gasteiger partial charge on any atom is -0.379 e. The zero-order chi connectivity index (χ0) is 29.3. The summed E-state index contributed by atoms with van der Waals surface area (Å²) in [4.78, 5) is 20.6. The van der Waals surface area contributed by atoms with E-state index in [1.54, 1.807) is 6.07 Å². The Morgan fingerprint density at radius 2 is 1.74 bits per heavy atom. The summed E-state index contributed by atoms with van der Waals surface area (Å²) in [5, 5.41) is 6.20. The van der Waals surface area contributed by atoms with Crippen LogP contribution in [0.5, 0.6) is 0 Å². The highest BCUT2D eigenvalue weighted by atomic mass is 32.2. The summed E-state index contributed by atoms with van der Waals surface area (Å²) in [6, 6.07) is 10.5. The van der Waals surface area contributed by atoms with Crippen LogP contribution in [0.25, 0.3) is 22.2 Å². The number of hydrogen-bond donors (Lipinski definition) is 1. The molecule has 1 N–H and O–H groups in total. The van der Waals surface area contributed by atoms with Gasteiger partial charge in [-0.25, -0.2) is 14.4 Å². The topological polar surface area (TPSA) is 110 Å². The van der Waals surface area contributed by atoms with Gasteiger partial charge in [-0.15, -0.1) is 0 Å². The van der Waals surface area contributed by atoms with E-state index in [0.29, 0.717) is 11.6 Å². The molecule has 10 nitrogen and oxygen atoms in total. The normalized spacial score (nSPS) is 19.3. The summed E-state index contributed by atoms with van der Waals surface area (Å²) < 4.78 is 35.8. The molecule has 2 aromatic heterocycles. The van der Waals surface area contributed by atoms with Gasteiger partial charge in [0.15, 0.2) is 5.65 Å². The second-order valence-electron chi connectivity index (χ2n) is 12.1. The third kappa shape index (κ3) is 6.10. The molecule has 3 heterocycles. The number of carbonyl (C=O) groups is 1. The average Bonchev–Trinajstić information content (AvgIpc) is 3.34. The monoisotopic (exact) mass is 594 g/mol. The molecule has 226 valence electrons. The lowest BCUT2D eigenvalue weighted by atomic mass is 9.81. The number of carbonyl (C=O) groups excluding carboxylic acids is 1. The Labute approximate surface area is 248 Å². The Hall–Kier alpha value is -2.86. The van der Waals surface area contributed by atoms with E-state index in [2.05, 4.69) is 38.6 Å². The Balaban J connectivity index is 1.42. The fourth-order valence-corrected chi connectivity index (χ4v) is 6.80. The maximum atomic E-state index is 13.4. The predicted molar refractivity (Wildman–Crippen MR) is 163 cm³/mol. The molecule has 6 rings (SSSR count). The minimum absolute atomic E-state index is 0.0800. The van der Waals surface area contributed by atoms with E-state index >= 15 is 0 Å². The van der Waals surface area contributed by atoms with Crippen molar-refractivity contribution in [1.82, 2.24) is 28.7 Å². The van der Waals surface area contributed by atoms with E-state index < -0.39 is 16.1 Å². The Morgan fingerprint density at radius 1 is 1.02 bits per heavy atom. The van der Waals surface area contributed by atoms with Crippen molar-refractivity contribution >= 4 is 27.1 Å². The number of rotatable bonds is 9. The van der Waals surface area contributed by atoms with Gasteiger partial charge < -0.3 is 4.74 Å². The predicted octanol–water partition coefficient (Wildman–Crippen LogP) is 4.28. The van der Waals surface area contributed by atoms with Crippen molar-refractivity contribution in [2.24, 2.45) is 0 Å². The smallest absolute Gasteiger partial charge is 0.303 e. The van der Waals surface area contributed by atoms with Crippen LogP contribution in [-0.2, 0) is 21.4 Å². The molecular weight excluding hydrogens is 552 g/mol. The lowest BCUT2D eigenvalue weighted by molar-refractivity contribution is 0.0384. The lowest BCUT2D eigenvalue weighted by Crippen LogP contribution is -2.39. The largest absolute Gasteiger partial charge is 0.379 e. The maximum Gasteiger partial charge on any atom is 0.303 e. The molecule has 2 saturated carbocycles. The van der Waals surface area contributed by atoms with Gasteiger partial charge in [-0.2, -0.15) is 17.8 Å². The number of ether oxygens (including phenoxy) is 1. The highest BCUT2D eigenvalue weighted by molar-refractivity contribution is 7.87. The summed E-state index contributed by atoms with van der Waals surface area (Å²) in [5.74, 6) is -0.366. The third-order valence-corrected chi connectivity index (χ3v) is 10.5. The number of amides is 1. The fourth-order valence-electron chi connectivity index (χ4n) is 6.28. The highest BCUT2D eigenvalue weighted by Gasteiger charge is 2.31. The first-order valence-electron chi connectivity index (χ1n) is 15.4. The average molecular weight is 595 g/mol. The van der Waals surface area contributed by atoms with E-state index in [-0.39, 0.29) is 11.7 Å². The maximum absolute atomic E-state index is 13.4. The first-order chi connectivity index (χ1) is 20.3. The van der Waals surface area contributed by atoms with Crippen molar-refractivity contribution < 1.29 is 17.9 Å². The Bertz CT molecular complexity index is 1520. The van der Waals surface area contributed by atoms with Gasteiger partial charge in [-0.3, -0.25) is 9.69 Å². The second kappa shape index (κ2) is 12.4. The van der Waals surface area contributed by atoms with Gasteiger partial charge in [0.25, 0.3) is 5.91 Å². The number of hydrogen-bond acceptors (Lipinski definition) is 7. The lowest BCUT2D eigenvalue weighted by Gasteiger charge is -2.26. The molecule has 0 atom stereocenters. The van der Waals surface area contributed by atoms with Crippen molar-refractivity contribution in [1.29, 1.82) is 0 Å². The SMILES string of the molecule is CN(C)S(=O)(=O)NC(=O)c1cc(-c2ccc(CCN3CCOCC3)cc2)c2c(C3CCC3)nn(C3CCCCC3)c2n1. The Kier molecular flexibility index (Phi) is 8.63. The zero-order valence-corrected chi connectivity index (χ0v) is 25.5. The van der Waals surface area contributed by atoms with Crippen molar-refractivity contribution in [3.05, 3.63) is 47.3 Å². The van der Waals surface area contributed by atoms with Gasteiger partial charge in [-0.05, 0) is 54.9 Å². The molecule has 3 aliphatic rings. The van der Waals surface area contributed by atoms with Crippen LogP contribution in [0, 0.1) is 0 Å². The molecule has 3 fully saturated rings. The number of benzene rings is 1. The van der Waals surface area contributed by atoms with Crippen LogP contribution in [0.2, 0.25) is 0 Å². The quantitative estimate of drug-likeness (QED) is 0.394. The van der Waals surface area contributed by atoms with Crippen LogP contribution in [0.4, 0.5) is 0 Å². The van der Waals surface area contributed by atoms with Crippen LogP contribution in [-0.4, -0.2) is 85.2 Å². The van der Waals surface area contributed by atoms with Gasteiger partial charge in [0.2, 0.25) is 0 Å². The molecule has 42 heavy (non-hydrogen) atoms. The van der Waals surface area contributed by atoms with Gasteiger partial charge >= 0.3 is 10.2 Å². The molecule has 1 saturated heterocycles. The van der Waals surface area contributed by atoms with Crippen LogP contribution in [0.1, 0.15) is 85.1 Å². The summed E-state index contributed by atoms with van der Waals surface area (Å²) in [6.45, 7) is 4.51. The van der Waals surface area contributed by atoms with E-state index in [4.69, 9.17) is 14.8 Å². The van der Waals surface area contributed by atoms with Crippen molar-refractivity contribution in [3.63, 3.8) is 0 Å². The van der Waals surface area contributed by atoms with E-state index in [0.717, 1.165) is 104 Å². The van der Waals surface area contributed by atoms with Crippen molar-refractivity contribution in [2.45, 2.75) is 69.7 Å².